The molecule has 2 heterocycles. The van der Waals surface area contributed by atoms with E-state index in [4.69, 9.17) is 0 Å². The van der Waals surface area contributed by atoms with Crippen LogP contribution >= 0.6 is 0 Å². The van der Waals surface area contributed by atoms with Gasteiger partial charge in [-0.15, -0.1) is 0 Å². The molecule has 0 saturated carbocycles. The van der Waals surface area contributed by atoms with Crippen molar-refractivity contribution in [3.63, 3.8) is 0 Å². The first-order valence-electron chi connectivity index (χ1n) is 10.1. The molecule has 154 valence electrons. The molecule has 6 heteroatoms. The maximum absolute atomic E-state index is 14.9. The normalized spacial score (nSPS) is 25.6. The molecule has 29 heavy (non-hydrogen) atoms. The molecule has 1 amide bonds. The first-order chi connectivity index (χ1) is 13.9. The number of carbonyl (C=O) groups excluding carboxylic acids is 1. The van der Waals surface area contributed by atoms with Gasteiger partial charge in [0.15, 0.2) is 11.6 Å². The molecule has 2 saturated heterocycles. The fourth-order valence-corrected chi connectivity index (χ4v) is 4.47. The highest BCUT2D eigenvalue weighted by atomic mass is 19.1. The Balaban J connectivity index is 1.38. The molecule has 0 aromatic heterocycles. The van der Waals surface area contributed by atoms with E-state index in [0.717, 1.165) is 5.56 Å². The highest BCUT2D eigenvalue weighted by Crippen LogP contribution is 2.34. The van der Waals surface area contributed by atoms with Crippen molar-refractivity contribution >= 4 is 5.91 Å². The van der Waals surface area contributed by atoms with Gasteiger partial charge in [0.05, 0.1) is 6.04 Å². The van der Waals surface area contributed by atoms with Crippen molar-refractivity contribution in [3.05, 3.63) is 65.0 Å². The van der Waals surface area contributed by atoms with E-state index in [1.165, 1.54) is 17.7 Å². The number of aromatic hydroxyl groups is 1. The summed E-state index contributed by atoms with van der Waals surface area (Å²) in [5.41, 5.74) is 2.84. The minimum absolute atomic E-state index is 0.0619. The van der Waals surface area contributed by atoms with E-state index < -0.39 is 23.7 Å². The Morgan fingerprint density at radius 3 is 2.55 bits per heavy atom. The molecule has 0 aliphatic carbocycles. The van der Waals surface area contributed by atoms with Crippen LogP contribution in [0.3, 0.4) is 0 Å². The van der Waals surface area contributed by atoms with Crippen LogP contribution in [0.2, 0.25) is 0 Å². The topological polar surface area (TPSA) is 43.8 Å². The van der Waals surface area contributed by atoms with Crippen molar-refractivity contribution in [2.45, 2.75) is 44.4 Å². The van der Waals surface area contributed by atoms with Gasteiger partial charge >= 0.3 is 0 Å². The Morgan fingerprint density at radius 2 is 1.86 bits per heavy atom. The van der Waals surface area contributed by atoms with Crippen molar-refractivity contribution in [1.29, 1.82) is 0 Å². The third kappa shape index (κ3) is 4.13. The molecule has 2 fully saturated rings. The summed E-state index contributed by atoms with van der Waals surface area (Å²) < 4.78 is 28.6. The molecule has 4 rings (SSSR count). The number of rotatable bonds is 4. The molecule has 4 nitrogen and oxygen atoms in total. The van der Waals surface area contributed by atoms with E-state index >= 15 is 0 Å². The minimum Gasteiger partial charge on any atom is -0.505 e. The van der Waals surface area contributed by atoms with Gasteiger partial charge in [0.2, 0.25) is 5.91 Å². The number of nitrogens with zero attached hydrogens (tertiary/aromatic N) is 2. The molecule has 2 aliphatic heterocycles. The molecule has 0 radical (unpaired) electrons. The quantitative estimate of drug-likeness (QED) is 0.850. The lowest BCUT2D eigenvalue weighted by molar-refractivity contribution is -0.133. The van der Waals surface area contributed by atoms with Crippen LogP contribution in [0.1, 0.15) is 35.4 Å². The summed E-state index contributed by atoms with van der Waals surface area (Å²) >= 11 is 0. The molecular formula is C23H26F2N2O2. The molecule has 2 aromatic rings. The Morgan fingerprint density at radius 1 is 1.10 bits per heavy atom. The number of benzene rings is 2. The number of alkyl halides is 1. The maximum Gasteiger partial charge on any atom is 0.240 e. The van der Waals surface area contributed by atoms with Crippen LogP contribution in [0.25, 0.3) is 0 Å². The van der Waals surface area contributed by atoms with Crippen LogP contribution in [-0.2, 0) is 11.3 Å². The zero-order chi connectivity index (χ0) is 20.5. The minimum atomic E-state index is -1.17. The van der Waals surface area contributed by atoms with Crippen molar-refractivity contribution in [2.24, 2.45) is 0 Å². The van der Waals surface area contributed by atoms with E-state index in [0.29, 0.717) is 38.0 Å². The molecule has 0 spiro atoms. The second kappa shape index (κ2) is 8.11. The number of piperidine rings is 1. The van der Waals surface area contributed by atoms with Crippen LogP contribution < -0.4 is 0 Å². The summed E-state index contributed by atoms with van der Waals surface area (Å²) in [6, 6.07) is 11.9. The van der Waals surface area contributed by atoms with Crippen LogP contribution in [0.15, 0.2) is 42.5 Å². The lowest BCUT2D eigenvalue weighted by Gasteiger charge is -2.37. The number of carbonyl (C=O) groups is 1. The van der Waals surface area contributed by atoms with Crippen LogP contribution in [0, 0.1) is 12.7 Å². The van der Waals surface area contributed by atoms with Gasteiger partial charge in [-0.2, -0.15) is 0 Å². The van der Waals surface area contributed by atoms with Gasteiger partial charge in [-0.05, 0) is 49.6 Å². The highest BCUT2D eigenvalue weighted by molar-refractivity contribution is 5.84. The van der Waals surface area contributed by atoms with Gasteiger partial charge < -0.3 is 10.0 Å². The third-order valence-electron chi connectivity index (χ3n) is 6.18. The standard InChI is InChI=1S/C23H26F2N2O2/c1-15-2-4-16(5-3-15)13-27-11-9-21(23(27)29)26-10-8-18(20(25)14-26)17-6-7-22(28)19(24)12-17/h2-7,12,18,20-21,28H,8-11,13-14H2,1H3/t18-,20+,21-/m0/s1. The second-order valence-corrected chi connectivity index (χ2v) is 8.17. The van der Waals surface area contributed by atoms with Gasteiger partial charge in [-0.1, -0.05) is 35.9 Å². The first kappa shape index (κ1) is 19.8. The molecule has 2 aliphatic rings. The zero-order valence-corrected chi connectivity index (χ0v) is 16.5. The van der Waals surface area contributed by atoms with Crippen LogP contribution in [-0.4, -0.2) is 52.7 Å². The van der Waals surface area contributed by atoms with Crippen LogP contribution in [0.5, 0.6) is 5.75 Å². The van der Waals surface area contributed by atoms with E-state index in [2.05, 4.69) is 0 Å². The number of phenols is 1. The average molecular weight is 400 g/mol. The van der Waals surface area contributed by atoms with E-state index in [1.54, 1.807) is 6.07 Å². The first-order valence-corrected chi connectivity index (χ1v) is 10.1. The summed E-state index contributed by atoms with van der Waals surface area (Å²) in [7, 11) is 0. The van der Waals surface area contributed by atoms with Crippen molar-refractivity contribution in [1.82, 2.24) is 9.80 Å². The average Bonchev–Trinajstić information content (AvgIpc) is 3.06. The van der Waals surface area contributed by atoms with E-state index in [9.17, 15) is 18.7 Å². The Bertz CT molecular complexity index is 887. The van der Waals surface area contributed by atoms with Gasteiger partial charge in [0, 0.05) is 25.6 Å². The number of phenolic OH excluding ortho intramolecular Hbond substituents is 1. The zero-order valence-electron chi connectivity index (χ0n) is 16.5. The Labute approximate surface area is 169 Å². The number of likely N-dealkylation sites (tertiary alicyclic amines) is 2. The van der Waals surface area contributed by atoms with Gasteiger partial charge in [0.1, 0.15) is 6.17 Å². The van der Waals surface area contributed by atoms with Gasteiger partial charge in [-0.25, -0.2) is 8.78 Å². The van der Waals surface area contributed by atoms with Crippen LogP contribution in [0.4, 0.5) is 8.78 Å². The highest BCUT2D eigenvalue weighted by Gasteiger charge is 2.40. The molecular weight excluding hydrogens is 374 g/mol. The fraction of sp³-hybridized carbons (Fsp3) is 0.435. The molecule has 0 bridgehead atoms. The molecule has 3 atom stereocenters. The largest absolute Gasteiger partial charge is 0.505 e. The summed E-state index contributed by atoms with van der Waals surface area (Å²) in [5.74, 6) is -1.50. The number of amides is 1. The van der Waals surface area contributed by atoms with Crippen molar-refractivity contribution in [2.75, 3.05) is 19.6 Å². The van der Waals surface area contributed by atoms with Crippen molar-refractivity contribution in [3.8, 4) is 5.75 Å². The summed E-state index contributed by atoms with van der Waals surface area (Å²) in [5, 5.41) is 9.35. The third-order valence-corrected chi connectivity index (χ3v) is 6.18. The lowest BCUT2D eigenvalue weighted by Crippen LogP contribution is -2.49. The number of hydrogen-bond donors (Lipinski definition) is 1. The van der Waals surface area contributed by atoms with Gasteiger partial charge in [-0.3, -0.25) is 9.69 Å². The maximum atomic E-state index is 14.9. The van der Waals surface area contributed by atoms with Crippen molar-refractivity contribution < 1.29 is 18.7 Å². The Hall–Kier alpha value is -2.47. The van der Waals surface area contributed by atoms with E-state index in [-0.39, 0.29) is 18.5 Å². The Kier molecular flexibility index (Phi) is 5.54. The number of halogens is 2. The van der Waals surface area contributed by atoms with Gasteiger partial charge in [0.25, 0.3) is 0 Å². The summed E-state index contributed by atoms with van der Waals surface area (Å²) in [4.78, 5) is 16.7. The molecule has 1 N–H and O–H groups in total. The number of hydrogen-bond acceptors (Lipinski definition) is 3. The molecule has 2 aromatic carbocycles. The number of aryl methyl sites for hydroxylation is 1. The molecule has 0 unspecified atom stereocenters. The summed E-state index contributed by atoms with van der Waals surface area (Å²) in [6.07, 6.45) is 0.0508. The fourth-order valence-electron chi connectivity index (χ4n) is 4.47. The van der Waals surface area contributed by atoms with E-state index in [1.807, 2.05) is 41.0 Å². The SMILES string of the molecule is Cc1ccc(CN2CC[C@H](N3CC[C@@H](c4ccc(O)c(F)c4)[C@H](F)C3)C2=O)cc1. The summed E-state index contributed by atoms with van der Waals surface area (Å²) in [6.45, 7) is 4.06. The second-order valence-electron chi connectivity index (χ2n) is 8.17. The predicted octanol–water partition coefficient (Wildman–Crippen LogP) is 3.77. The lowest BCUT2D eigenvalue weighted by atomic mass is 9.87. The predicted molar refractivity (Wildman–Crippen MR) is 107 cm³/mol. The smallest absolute Gasteiger partial charge is 0.240 e. The monoisotopic (exact) mass is 400 g/mol.